The zero-order chi connectivity index (χ0) is 27.3. The Kier molecular flexibility index (Phi) is 12.8. The molecule has 0 aliphatic carbocycles. The molecule has 0 aromatic heterocycles. The molecule has 0 aliphatic heterocycles. The van der Waals surface area contributed by atoms with Crippen LogP contribution in [0.1, 0.15) is 43.7 Å². The maximum atomic E-state index is 13.7. The summed E-state index contributed by atoms with van der Waals surface area (Å²) < 4.78 is 0. The van der Waals surface area contributed by atoms with Crippen LogP contribution in [-0.2, 0) is 22.6 Å². The maximum absolute atomic E-state index is 13.7. The van der Waals surface area contributed by atoms with Crippen LogP contribution in [0.5, 0.6) is 0 Å². The fraction of sp³-hybridized carbons (Fsp3) is 0.333. The van der Waals surface area contributed by atoms with Gasteiger partial charge in [0.05, 0.1) is 10.0 Å². The second kappa shape index (κ2) is 16.0. The molecule has 3 rings (SSSR count). The number of carbonyl (C=O) groups is 2. The van der Waals surface area contributed by atoms with E-state index in [2.05, 4.69) is 12.2 Å². The van der Waals surface area contributed by atoms with Gasteiger partial charge in [0.1, 0.15) is 6.04 Å². The highest BCUT2D eigenvalue weighted by Crippen LogP contribution is 2.25. The number of rotatable bonds is 14. The molecule has 0 spiro atoms. The molecule has 3 aromatic carbocycles. The van der Waals surface area contributed by atoms with Crippen molar-refractivity contribution in [3.05, 3.63) is 99.0 Å². The molecule has 0 aliphatic rings. The second-order valence-corrected chi connectivity index (χ2v) is 11.4. The van der Waals surface area contributed by atoms with Gasteiger partial charge in [-0.1, -0.05) is 84.5 Å². The van der Waals surface area contributed by atoms with Gasteiger partial charge in [-0.05, 0) is 66.1 Å². The highest BCUT2D eigenvalue weighted by molar-refractivity contribution is 7.99. The average Bonchev–Trinajstić information content (AvgIpc) is 2.92. The maximum Gasteiger partial charge on any atom is 0.243 e. The van der Waals surface area contributed by atoms with Gasteiger partial charge < -0.3 is 10.2 Å². The molecular formula is C30H33Cl3N2O2S. The number of hydrogen-bond donors (Lipinski definition) is 1. The summed E-state index contributed by atoms with van der Waals surface area (Å²) in [7, 11) is 0. The molecule has 1 atom stereocenters. The van der Waals surface area contributed by atoms with Gasteiger partial charge in [0.15, 0.2) is 0 Å². The Balaban J connectivity index is 1.79. The third-order valence-electron chi connectivity index (χ3n) is 6.05. The minimum absolute atomic E-state index is 0.0700. The summed E-state index contributed by atoms with van der Waals surface area (Å²) >= 11 is 20.1. The van der Waals surface area contributed by atoms with E-state index in [1.54, 1.807) is 28.8 Å². The van der Waals surface area contributed by atoms with Gasteiger partial charge in [-0.15, -0.1) is 11.8 Å². The molecule has 0 radical (unpaired) electrons. The van der Waals surface area contributed by atoms with Gasteiger partial charge in [-0.25, -0.2) is 0 Å². The highest BCUT2D eigenvalue weighted by atomic mass is 35.5. The largest absolute Gasteiger partial charge is 0.354 e. The summed E-state index contributed by atoms with van der Waals surface area (Å²) in [4.78, 5) is 29.9. The third-order valence-corrected chi connectivity index (χ3v) is 8.14. The van der Waals surface area contributed by atoms with Gasteiger partial charge in [0, 0.05) is 35.8 Å². The number of unbranched alkanes of at least 4 members (excludes halogenated alkanes) is 1. The lowest BCUT2D eigenvalue weighted by Gasteiger charge is -2.32. The van der Waals surface area contributed by atoms with E-state index in [9.17, 15) is 9.59 Å². The Morgan fingerprint density at radius 2 is 1.63 bits per heavy atom. The molecule has 0 heterocycles. The number of nitrogens with zero attached hydrogens (tertiary/aromatic N) is 1. The Labute approximate surface area is 245 Å². The number of hydrogen-bond acceptors (Lipinski definition) is 3. The second-order valence-electron chi connectivity index (χ2n) is 9.03. The van der Waals surface area contributed by atoms with E-state index in [1.807, 2.05) is 60.7 Å². The van der Waals surface area contributed by atoms with Crippen LogP contribution >= 0.6 is 46.6 Å². The fourth-order valence-electron chi connectivity index (χ4n) is 3.98. The van der Waals surface area contributed by atoms with E-state index in [0.29, 0.717) is 40.9 Å². The smallest absolute Gasteiger partial charge is 0.243 e. The number of halogens is 3. The zero-order valence-corrected chi connectivity index (χ0v) is 24.6. The normalized spacial score (nSPS) is 11.7. The topological polar surface area (TPSA) is 49.4 Å². The Morgan fingerprint density at radius 1 is 0.895 bits per heavy atom. The van der Waals surface area contributed by atoms with E-state index in [4.69, 9.17) is 34.8 Å². The summed E-state index contributed by atoms with van der Waals surface area (Å²) in [6.45, 7) is 2.92. The number of thioether (sulfide) groups is 1. The van der Waals surface area contributed by atoms with Crippen LogP contribution in [0.25, 0.3) is 0 Å². The first-order valence-electron chi connectivity index (χ1n) is 12.8. The van der Waals surface area contributed by atoms with Gasteiger partial charge in [0.2, 0.25) is 11.8 Å². The fourth-order valence-corrected chi connectivity index (χ4v) is 5.28. The van der Waals surface area contributed by atoms with E-state index in [0.717, 1.165) is 34.6 Å². The van der Waals surface area contributed by atoms with Crippen molar-refractivity contribution in [2.75, 3.05) is 12.3 Å². The molecule has 0 saturated heterocycles. The van der Waals surface area contributed by atoms with Crippen molar-refractivity contribution in [2.24, 2.45) is 0 Å². The first kappa shape index (κ1) is 30.4. The lowest BCUT2D eigenvalue weighted by atomic mass is 10.0. The minimum atomic E-state index is -0.653. The van der Waals surface area contributed by atoms with Gasteiger partial charge in [0.25, 0.3) is 0 Å². The molecule has 202 valence electrons. The number of benzene rings is 3. The monoisotopic (exact) mass is 590 g/mol. The first-order valence-corrected chi connectivity index (χ1v) is 14.9. The van der Waals surface area contributed by atoms with Crippen molar-refractivity contribution >= 4 is 58.4 Å². The third kappa shape index (κ3) is 9.85. The molecule has 0 saturated carbocycles. The predicted octanol–water partition coefficient (Wildman–Crippen LogP) is 8.08. The molecule has 8 heteroatoms. The van der Waals surface area contributed by atoms with Crippen LogP contribution in [0.4, 0.5) is 0 Å². The molecule has 0 fully saturated rings. The van der Waals surface area contributed by atoms with Crippen molar-refractivity contribution < 1.29 is 9.59 Å². The lowest BCUT2D eigenvalue weighted by Crippen LogP contribution is -2.50. The minimum Gasteiger partial charge on any atom is -0.354 e. The summed E-state index contributed by atoms with van der Waals surface area (Å²) in [5, 5.41) is 4.61. The SMILES string of the molecule is CCCCNC(=O)[C@H](Cc1ccccc1)N(Cc1ccc(Cl)c(Cl)c1)C(=O)CCCSc1ccc(Cl)cc1. The van der Waals surface area contributed by atoms with Crippen molar-refractivity contribution in [1.82, 2.24) is 10.2 Å². The number of nitrogens with one attached hydrogen (secondary N) is 1. The van der Waals surface area contributed by atoms with Gasteiger partial charge >= 0.3 is 0 Å². The number of carbonyl (C=O) groups excluding carboxylic acids is 2. The quantitative estimate of drug-likeness (QED) is 0.152. The summed E-state index contributed by atoms with van der Waals surface area (Å²) in [6.07, 6.45) is 3.29. The van der Waals surface area contributed by atoms with E-state index < -0.39 is 6.04 Å². The van der Waals surface area contributed by atoms with Crippen LogP contribution in [-0.4, -0.2) is 35.1 Å². The summed E-state index contributed by atoms with van der Waals surface area (Å²) in [5.41, 5.74) is 1.82. The molecule has 3 aromatic rings. The van der Waals surface area contributed by atoms with Crippen LogP contribution in [0.15, 0.2) is 77.7 Å². The molecule has 38 heavy (non-hydrogen) atoms. The molecule has 2 amide bonds. The van der Waals surface area contributed by atoms with Crippen LogP contribution in [0.3, 0.4) is 0 Å². The van der Waals surface area contributed by atoms with Crippen molar-refractivity contribution in [3.8, 4) is 0 Å². The summed E-state index contributed by atoms with van der Waals surface area (Å²) in [6, 6.07) is 22.1. The predicted molar refractivity (Wildman–Crippen MR) is 160 cm³/mol. The van der Waals surface area contributed by atoms with E-state index >= 15 is 0 Å². The van der Waals surface area contributed by atoms with Gasteiger partial charge in [-0.2, -0.15) is 0 Å². The Hall–Kier alpha value is -2.18. The average molecular weight is 592 g/mol. The standard InChI is InChI=1S/C30H33Cl3N2O2S/c1-2-3-17-34-30(37)28(20-22-8-5-4-6-9-22)35(21-23-11-16-26(32)27(33)19-23)29(36)10-7-18-38-25-14-12-24(31)13-15-25/h4-6,8-9,11-16,19,28H,2-3,7,10,17-18,20-21H2,1H3,(H,34,37)/t28-/m0/s1. The van der Waals surface area contributed by atoms with E-state index in [-0.39, 0.29) is 18.4 Å². The van der Waals surface area contributed by atoms with Crippen molar-refractivity contribution in [3.63, 3.8) is 0 Å². The first-order chi connectivity index (χ1) is 18.4. The molecule has 0 bridgehead atoms. The Bertz CT molecular complexity index is 1180. The number of amides is 2. The Morgan fingerprint density at radius 3 is 2.32 bits per heavy atom. The summed E-state index contributed by atoms with van der Waals surface area (Å²) in [5.74, 6) is 0.561. The molecule has 4 nitrogen and oxygen atoms in total. The lowest BCUT2D eigenvalue weighted by molar-refractivity contribution is -0.141. The van der Waals surface area contributed by atoms with Crippen LogP contribution < -0.4 is 5.32 Å². The molecule has 1 N–H and O–H groups in total. The van der Waals surface area contributed by atoms with Crippen LogP contribution in [0.2, 0.25) is 15.1 Å². The highest BCUT2D eigenvalue weighted by Gasteiger charge is 2.30. The zero-order valence-electron chi connectivity index (χ0n) is 21.5. The van der Waals surface area contributed by atoms with Crippen molar-refractivity contribution in [1.29, 1.82) is 0 Å². The van der Waals surface area contributed by atoms with E-state index in [1.165, 1.54) is 0 Å². The van der Waals surface area contributed by atoms with Crippen LogP contribution in [0, 0.1) is 0 Å². The molecular weight excluding hydrogens is 559 g/mol. The molecule has 0 unspecified atom stereocenters. The van der Waals surface area contributed by atoms with Crippen molar-refractivity contribution in [2.45, 2.75) is 56.5 Å². The van der Waals surface area contributed by atoms with Gasteiger partial charge in [-0.3, -0.25) is 9.59 Å².